The predicted octanol–water partition coefficient (Wildman–Crippen LogP) is 1.89. The molecule has 3 heterocycles. The largest absolute Gasteiger partial charge is 0.395 e. The number of aliphatic hydroxyl groups is 1. The molecule has 0 radical (unpaired) electrons. The van der Waals surface area contributed by atoms with Gasteiger partial charge in [0, 0.05) is 37.2 Å². The van der Waals surface area contributed by atoms with Crippen LogP contribution in [0, 0.1) is 5.41 Å². The molecule has 0 aromatic carbocycles. The lowest BCUT2D eigenvalue weighted by Crippen LogP contribution is -2.24. The SMILES string of the molecule is CC(C)(C)CNc1nc(-c2cnc(N)nc2)cc2ccn(CCO)c(=O)c12. The molecule has 0 unspecified atom stereocenters. The molecule has 0 aliphatic rings. The van der Waals surface area contributed by atoms with Gasteiger partial charge in [-0.3, -0.25) is 4.79 Å². The normalized spacial score (nSPS) is 11.7. The molecule has 3 aromatic rings. The molecule has 0 amide bonds. The van der Waals surface area contributed by atoms with Crippen LogP contribution >= 0.6 is 0 Å². The summed E-state index contributed by atoms with van der Waals surface area (Å²) < 4.78 is 1.48. The summed E-state index contributed by atoms with van der Waals surface area (Å²) in [6.07, 6.45) is 4.89. The van der Waals surface area contributed by atoms with E-state index < -0.39 is 0 Å². The van der Waals surface area contributed by atoms with E-state index in [2.05, 4.69) is 41.0 Å². The summed E-state index contributed by atoms with van der Waals surface area (Å²) in [5, 5.41) is 13.8. The summed E-state index contributed by atoms with van der Waals surface area (Å²) >= 11 is 0. The van der Waals surface area contributed by atoms with Gasteiger partial charge in [-0.15, -0.1) is 0 Å². The Morgan fingerprint density at radius 3 is 2.59 bits per heavy atom. The van der Waals surface area contributed by atoms with Crippen LogP contribution < -0.4 is 16.6 Å². The Labute approximate surface area is 157 Å². The molecule has 4 N–H and O–H groups in total. The van der Waals surface area contributed by atoms with Gasteiger partial charge >= 0.3 is 0 Å². The average Bonchev–Trinajstić information content (AvgIpc) is 2.62. The third-order valence-corrected chi connectivity index (χ3v) is 4.05. The van der Waals surface area contributed by atoms with Crippen LogP contribution in [0.3, 0.4) is 0 Å². The van der Waals surface area contributed by atoms with Crippen molar-refractivity contribution < 1.29 is 5.11 Å². The van der Waals surface area contributed by atoms with E-state index in [1.165, 1.54) is 4.57 Å². The molecular weight excluding hydrogens is 344 g/mol. The second-order valence-electron chi connectivity index (χ2n) is 7.60. The molecule has 0 bridgehead atoms. The van der Waals surface area contributed by atoms with Crippen LogP contribution in [0.2, 0.25) is 0 Å². The lowest BCUT2D eigenvalue weighted by Gasteiger charge is -2.20. The molecule has 8 heteroatoms. The fourth-order valence-electron chi connectivity index (χ4n) is 2.68. The highest BCUT2D eigenvalue weighted by Gasteiger charge is 2.16. The first-order chi connectivity index (χ1) is 12.8. The number of hydrogen-bond donors (Lipinski definition) is 3. The fraction of sp³-hybridized carbons (Fsp3) is 0.368. The Morgan fingerprint density at radius 2 is 1.96 bits per heavy atom. The molecule has 0 saturated carbocycles. The van der Waals surface area contributed by atoms with Gasteiger partial charge < -0.3 is 20.7 Å². The highest BCUT2D eigenvalue weighted by Crippen LogP contribution is 2.26. The highest BCUT2D eigenvalue weighted by atomic mass is 16.3. The van der Waals surface area contributed by atoms with E-state index >= 15 is 0 Å². The summed E-state index contributed by atoms with van der Waals surface area (Å²) in [4.78, 5) is 25.6. The maximum absolute atomic E-state index is 12.9. The number of nitrogens with two attached hydrogens (primary N) is 1. The molecule has 142 valence electrons. The number of nitrogens with one attached hydrogen (secondary N) is 1. The van der Waals surface area contributed by atoms with Gasteiger partial charge in [-0.05, 0) is 22.9 Å². The molecule has 0 fully saturated rings. The number of aliphatic hydroxyl groups excluding tert-OH is 1. The first-order valence-electron chi connectivity index (χ1n) is 8.75. The number of hydrogen-bond acceptors (Lipinski definition) is 7. The summed E-state index contributed by atoms with van der Waals surface area (Å²) in [5.41, 5.74) is 6.75. The van der Waals surface area contributed by atoms with E-state index in [1.54, 1.807) is 18.6 Å². The molecule has 3 rings (SSSR count). The van der Waals surface area contributed by atoms with E-state index in [-0.39, 0.29) is 30.1 Å². The van der Waals surface area contributed by atoms with Crippen molar-refractivity contribution in [3.8, 4) is 11.3 Å². The van der Waals surface area contributed by atoms with Gasteiger partial charge in [-0.1, -0.05) is 20.8 Å². The zero-order chi connectivity index (χ0) is 19.6. The number of nitrogen functional groups attached to an aromatic ring is 1. The molecule has 0 aliphatic carbocycles. The fourth-order valence-corrected chi connectivity index (χ4v) is 2.68. The summed E-state index contributed by atoms with van der Waals surface area (Å²) in [5.74, 6) is 0.698. The van der Waals surface area contributed by atoms with E-state index in [1.807, 2.05) is 12.1 Å². The third kappa shape index (κ3) is 4.22. The van der Waals surface area contributed by atoms with E-state index in [0.29, 0.717) is 29.0 Å². The van der Waals surface area contributed by atoms with Crippen molar-refractivity contribution in [2.45, 2.75) is 27.3 Å². The van der Waals surface area contributed by atoms with Crippen LogP contribution in [-0.4, -0.2) is 37.8 Å². The summed E-state index contributed by atoms with van der Waals surface area (Å²) in [6, 6.07) is 3.68. The van der Waals surface area contributed by atoms with Gasteiger partial charge in [0.1, 0.15) is 5.82 Å². The van der Waals surface area contributed by atoms with Gasteiger partial charge in [-0.2, -0.15) is 0 Å². The van der Waals surface area contributed by atoms with Gasteiger partial charge in [-0.25, -0.2) is 15.0 Å². The minimum absolute atomic E-state index is 0.00716. The molecular formula is C19H24N6O2. The Balaban J connectivity index is 2.18. The van der Waals surface area contributed by atoms with Crippen LogP contribution in [0.25, 0.3) is 22.0 Å². The van der Waals surface area contributed by atoms with Crippen molar-refractivity contribution in [3.63, 3.8) is 0 Å². The van der Waals surface area contributed by atoms with Gasteiger partial charge in [0.2, 0.25) is 5.95 Å². The number of rotatable bonds is 5. The zero-order valence-electron chi connectivity index (χ0n) is 15.7. The molecule has 8 nitrogen and oxygen atoms in total. The van der Waals surface area contributed by atoms with Crippen molar-refractivity contribution in [2.75, 3.05) is 24.2 Å². The average molecular weight is 368 g/mol. The van der Waals surface area contributed by atoms with Crippen LogP contribution in [-0.2, 0) is 6.54 Å². The summed E-state index contributed by atoms with van der Waals surface area (Å²) in [7, 11) is 0. The quantitative estimate of drug-likeness (QED) is 0.629. The highest BCUT2D eigenvalue weighted by molar-refractivity contribution is 5.93. The molecule has 0 aliphatic heterocycles. The maximum atomic E-state index is 12.9. The van der Waals surface area contributed by atoms with Gasteiger partial charge in [0.05, 0.1) is 17.7 Å². The molecule has 0 saturated heterocycles. The van der Waals surface area contributed by atoms with Crippen molar-refractivity contribution >= 4 is 22.5 Å². The van der Waals surface area contributed by atoms with E-state index in [0.717, 1.165) is 5.39 Å². The van der Waals surface area contributed by atoms with Crippen LogP contribution in [0.15, 0.2) is 35.5 Å². The second-order valence-corrected chi connectivity index (χ2v) is 7.60. The smallest absolute Gasteiger partial charge is 0.262 e. The Hall–Kier alpha value is -3.00. The van der Waals surface area contributed by atoms with Crippen LogP contribution in [0.4, 0.5) is 11.8 Å². The summed E-state index contributed by atoms with van der Waals surface area (Å²) in [6.45, 7) is 7.08. The minimum Gasteiger partial charge on any atom is -0.395 e. The van der Waals surface area contributed by atoms with Gasteiger partial charge in [0.25, 0.3) is 5.56 Å². The van der Waals surface area contributed by atoms with E-state index in [9.17, 15) is 9.90 Å². The van der Waals surface area contributed by atoms with Crippen molar-refractivity contribution in [3.05, 3.63) is 41.1 Å². The van der Waals surface area contributed by atoms with Crippen molar-refractivity contribution in [2.24, 2.45) is 5.41 Å². The Bertz CT molecular complexity index is 1010. The van der Waals surface area contributed by atoms with Crippen molar-refractivity contribution in [1.29, 1.82) is 0 Å². The Morgan fingerprint density at radius 1 is 1.26 bits per heavy atom. The number of nitrogens with zero attached hydrogens (tertiary/aromatic N) is 4. The lowest BCUT2D eigenvalue weighted by molar-refractivity contribution is 0.274. The number of fused-ring (bicyclic) bond motifs is 1. The molecule has 0 atom stereocenters. The first kappa shape index (κ1) is 18.8. The number of aromatic nitrogens is 4. The van der Waals surface area contributed by atoms with Gasteiger partial charge in [0.15, 0.2) is 0 Å². The topological polar surface area (TPSA) is 119 Å². The molecule has 0 spiro atoms. The lowest BCUT2D eigenvalue weighted by atomic mass is 9.97. The van der Waals surface area contributed by atoms with Crippen LogP contribution in [0.1, 0.15) is 20.8 Å². The number of pyridine rings is 2. The molecule has 27 heavy (non-hydrogen) atoms. The minimum atomic E-state index is -0.189. The maximum Gasteiger partial charge on any atom is 0.262 e. The van der Waals surface area contributed by atoms with Crippen molar-refractivity contribution in [1.82, 2.24) is 19.5 Å². The molecule has 3 aromatic heterocycles. The Kier molecular flexibility index (Phi) is 5.09. The third-order valence-electron chi connectivity index (χ3n) is 4.05. The second kappa shape index (κ2) is 7.32. The number of anilines is 2. The zero-order valence-corrected chi connectivity index (χ0v) is 15.7. The first-order valence-corrected chi connectivity index (χ1v) is 8.75. The monoisotopic (exact) mass is 368 g/mol. The van der Waals surface area contributed by atoms with E-state index in [4.69, 9.17) is 5.73 Å². The van der Waals surface area contributed by atoms with Crippen LogP contribution in [0.5, 0.6) is 0 Å². The predicted molar refractivity (Wildman–Crippen MR) is 106 cm³/mol. The standard InChI is InChI=1S/C19H24N6O2/c1-19(2,3)11-23-16-15-12(4-5-25(6-7-26)17(15)27)8-14(24-16)13-9-21-18(20)22-10-13/h4-5,8-10,26H,6-7,11H2,1-3H3,(H,23,24)(H2,20,21,22).